The molecule has 1 unspecified atom stereocenters. The summed E-state index contributed by atoms with van der Waals surface area (Å²) >= 11 is 0. The van der Waals surface area contributed by atoms with Crippen LogP contribution >= 0.6 is 0 Å². The number of nitrogens with zero attached hydrogens (tertiary/aromatic N) is 2. The molecule has 0 bridgehead atoms. The number of benzene rings is 1. The molecule has 1 N–H and O–H groups in total. The van der Waals surface area contributed by atoms with E-state index in [1.165, 1.54) is 6.20 Å². The van der Waals surface area contributed by atoms with Gasteiger partial charge >= 0.3 is 6.09 Å². The van der Waals surface area contributed by atoms with E-state index in [1.54, 1.807) is 4.90 Å². The first-order valence-electron chi connectivity index (χ1n) is 7.94. The summed E-state index contributed by atoms with van der Waals surface area (Å²) < 4.78 is 15.5. The molecule has 0 spiro atoms. The fourth-order valence-corrected chi connectivity index (χ4v) is 3.25. The minimum atomic E-state index is -0.402. The molecule has 1 amide bonds. The van der Waals surface area contributed by atoms with E-state index in [9.17, 15) is 9.90 Å². The molecule has 25 heavy (non-hydrogen) atoms. The minimum Gasteiger partial charge on any atom is -0.602 e. The number of rotatable bonds is 5. The van der Waals surface area contributed by atoms with E-state index in [0.717, 1.165) is 29.7 Å². The van der Waals surface area contributed by atoms with Crippen LogP contribution < -0.4 is 9.64 Å². The molecule has 2 atom stereocenters. The van der Waals surface area contributed by atoms with Crippen molar-refractivity contribution in [3.63, 3.8) is 0 Å². The predicted molar refractivity (Wildman–Crippen MR) is 82.8 cm³/mol. The molecular formula is C17H17N2O5Y-. The number of hydrogen-bond donors (Lipinski definition) is 1. The topological polar surface area (TPSA) is 85.0 Å². The number of cyclic esters (lactones) is 1. The van der Waals surface area contributed by atoms with Crippen LogP contribution in [0.2, 0.25) is 0 Å². The van der Waals surface area contributed by atoms with Gasteiger partial charge < -0.3 is 24.0 Å². The van der Waals surface area contributed by atoms with E-state index < -0.39 is 6.10 Å². The summed E-state index contributed by atoms with van der Waals surface area (Å²) in [6.07, 6.45) is 5.40. The number of hydrogen-bond acceptors (Lipinski definition) is 6. The van der Waals surface area contributed by atoms with Crippen LogP contribution in [0.3, 0.4) is 0 Å². The zero-order valence-corrected chi connectivity index (χ0v) is 16.4. The average Bonchev–Trinajstić information content (AvgIpc) is 3.30. The molecule has 0 saturated carbocycles. The van der Waals surface area contributed by atoms with Gasteiger partial charge in [0, 0.05) is 44.8 Å². The molecule has 1 radical (unpaired) electrons. The van der Waals surface area contributed by atoms with Crippen LogP contribution in [-0.2, 0) is 43.9 Å². The van der Waals surface area contributed by atoms with Crippen LogP contribution in [0.15, 0.2) is 28.8 Å². The molecule has 1 aromatic heterocycles. The van der Waals surface area contributed by atoms with Crippen molar-refractivity contribution in [3.8, 4) is 6.08 Å². The first-order chi connectivity index (χ1) is 11.7. The van der Waals surface area contributed by atoms with Gasteiger partial charge in [-0.05, 0) is 42.3 Å². The van der Waals surface area contributed by atoms with Gasteiger partial charge in [0.25, 0.3) is 0 Å². The fraction of sp³-hybridized carbons (Fsp3) is 0.412. The molecule has 4 rings (SSSR count). The monoisotopic (exact) mass is 418 g/mol. The summed E-state index contributed by atoms with van der Waals surface area (Å²) in [5.74, 6) is 0. The molecule has 1 saturated heterocycles. The average molecular weight is 418 g/mol. The van der Waals surface area contributed by atoms with Crippen LogP contribution in [0.4, 0.5) is 10.5 Å². The molecule has 1 aromatic carbocycles. The summed E-state index contributed by atoms with van der Waals surface area (Å²) in [6.45, 7) is 0.676. The number of aliphatic hydroxyl groups is 1. The molecule has 129 valence electrons. The van der Waals surface area contributed by atoms with Gasteiger partial charge in [0.05, 0.1) is 18.8 Å². The largest absolute Gasteiger partial charge is 0.602 e. The van der Waals surface area contributed by atoms with Crippen LogP contribution in [-0.4, -0.2) is 35.4 Å². The van der Waals surface area contributed by atoms with E-state index in [-0.39, 0.29) is 50.9 Å². The number of carbonyl (C=O) groups excluding carboxylic acids is 1. The molecule has 7 nitrogen and oxygen atoms in total. The van der Waals surface area contributed by atoms with Crippen molar-refractivity contribution in [3.05, 3.63) is 41.8 Å². The van der Waals surface area contributed by atoms with Crippen molar-refractivity contribution < 1.29 is 56.5 Å². The van der Waals surface area contributed by atoms with E-state index >= 15 is 0 Å². The van der Waals surface area contributed by atoms with Crippen molar-refractivity contribution in [1.82, 2.24) is 4.98 Å². The second-order valence-electron chi connectivity index (χ2n) is 5.92. The van der Waals surface area contributed by atoms with Gasteiger partial charge in [-0.15, -0.1) is 0 Å². The van der Waals surface area contributed by atoms with Crippen molar-refractivity contribution in [2.24, 2.45) is 0 Å². The molecule has 2 heterocycles. The Morgan fingerprint density at radius 2 is 2.32 bits per heavy atom. The normalized spacial score (nSPS) is 21.6. The van der Waals surface area contributed by atoms with Crippen molar-refractivity contribution in [2.45, 2.75) is 31.4 Å². The maximum Gasteiger partial charge on any atom is 0.414 e. The summed E-state index contributed by atoms with van der Waals surface area (Å²) in [6, 6.07) is 5.61. The van der Waals surface area contributed by atoms with E-state index in [1.807, 2.05) is 18.2 Å². The maximum atomic E-state index is 12.1. The third kappa shape index (κ3) is 3.73. The smallest absolute Gasteiger partial charge is 0.414 e. The molecule has 2 aliphatic rings. The van der Waals surface area contributed by atoms with Crippen molar-refractivity contribution >= 4 is 11.8 Å². The van der Waals surface area contributed by atoms with E-state index in [4.69, 9.17) is 13.9 Å². The van der Waals surface area contributed by atoms with Crippen molar-refractivity contribution in [1.29, 1.82) is 0 Å². The van der Waals surface area contributed by atoms with Crippen LogP contribution in [0, 0.1) is 6.26 Å². The van der Waals surface area contributed by atoms with Gasteiger partial charge in [0.15, 0.2) is 0 Å². The Hall–Kier alpha value is -1.44. The summed E-state index contributed by atoms with van der Waals surface area (Å²) in [4.78, 5) is 17.6. The maximum absolute atomic E-state index is 12.1. The van der Waals surface area contributed by atoms with Crippen LogP contribution in [0.25, 0.3) is 0 Å². The minimum absolute atomic E-state index is 0. The second kappa shape index (κ2) is 7.85. The second-order valence-corrected chi connectivity index (χ2v) is 5.92. The molecular weight excluding hydrogens is 401 g/mol. The zero-order valence-electron chi connectivity index (χ0n) is 13.6. The summed E-state index contributed by atoms with van der Waals surface area (Å²) in [5, 5.41) is 9.91. The molecule has 1 fully saturated rings. The Bertz CT molecular complexity index is 737. The Kier molecular flexibility index (Phi) is 5.76. The predicted octanol–water partition coefficient (Wildman–Crippen LogP) is 2.25. The number of aryl methyl sites for hydroxylation is 1. The standard InChI is InChI=1S/C17H17N2O5.Y/c20-15-4-1-11-9-12(2-3-14(11)15)19-13(10-24-17(19)21)5-7-22-16-18-6-8-23-16;/h2-3,6,9,13,15,20H,1,4-5,7,10H2;/q-1;/t13-,15?;/m0./s1. The SMILES string of the molecule is O=C1OC[C@H](CCOc2nc[c-]o2)N1c1ccc2c(c1)CCC2O.[Y]. The van der Waals surface area contributed by atoms with Gasteiger partial charge in [-0.2, -0.15) is 0 Å². The number of oxazole rings is 1. The number of aliphatic hydroxyl groups excluding tert-OH is 1. The number of carbonyl (C=O) groups is 1. The van der Waals surface area contributed by atoms with Gasteiger partial charge in [0.2, 0.25) is 6.08 Å². The Morgan fingerprint density at radius 3 is 3.12 bits per heavy atom. The van der Waals surface area contributed by atoms with Gasteiger partial charge in [-0.3, -0.25) is 4.90 Å². The number of aromatic nitrogens is 1. The summed E-state index contributed by atoms with van der Waals surface area (Å²) in [5.41, 5.74) is 2.83. The molecule has 2 aromatic rings. The van der Waals surface area contributed by atoms with Crippen LogP contribution in [0.5, 0.6) is 6.08 Å². The number of anilines is 1. The molecule has 1 aliphatic carbocycles. The van der Waals surface area contributed by atoms with E-state index in [2.05, 4.69) is 11.2 Å². The van der Waals surface area contributed by atoms with Crippen molar-refractivity contribution in [2.75, 3.05) is 18.1 Å². The molecule has 8 heteroatoms. The Morgan fingerprint density at radius 1 is 1.44 bits per heavy atom. The van der Waals surface area contributed by atoms with E-state index in [0.29, 0.717) is 19.6 Å². The Labute approximate surface area is 170 Å². The summed E-state index contributed by atoms with van der Waals surface area (Å²) in [7, 11) is 0. The number of ether oxygens (including phenoxy) is 2. The molecule has 1 aliphatic heterocycles. The van der Waals surface area contributed by atoms with Crippen LogP contribution in [0.1, 0.15) is 30.1 Å². The first kappa shape index (κ1) is 18.4. The third-order valence-electron chi connectivity index (χ3n) is 4.46. The fourth-order valence-electron chi connectivity index (χ4n) is 3.25. The quantitative estimate of drug-likeness (QED) is 0.750. The van der Waals surface area contributed by atoms with Gasteiger partial charge in [-0.25, -0.2) is 4.79 Å². The van der Waals surface area contributed by atoms with Gasteiger partial charge in [-0.1, -0.05) is 12.3 Å². The zero-order chi connectivity index (χ0) is 16.5. The third-order valence-corrected chi connectivity index (χ3v) is 4.46. The Balaban J connectivity index is 0.00000182. The first-order valence-corrected chi connectivity index (χ1v) is 7.94. The number of fused-ring (bicyclic) bond motifs is 1. The van der Waals surface area contributed by atoms with Gasteiger partial charge in [0.1, 0.15) is 6.61 Å². The number of amides is 1.